The van der Waals surface area contributed by atoms with Crippen molar-refractivity contribution < 1.29 is 23.5 Å². The Morgan fingerprint density at radius 2 is 1.88 bits per heavy atom. The van der Waals surface area contributed by atoms with E-state index in [1.54, 1.807) is 48.7 Å². The number of halogens is 2. The lowest BCUT2D eigenvalue weighted by molar-refractivity contribution is -0.123. The summed E-state index contributed by atoms with van der Waals surface area (Å²) in [6, 6.07) is 14.6. The van der Waals surface area contributed by atoms with E-state index < -0.39 is 29.0 Å². The molecule has 0 bridgehead atoms. The van der Waals surface area contributed by atoms with Gasteiger partial charge in [0.2, 0.25) is 11.8 Å². The van der Waals surface area contributed by atoms with Crippen molar-refractivity contribution in [2.24, 2.45) is 17.3 Å². The van der Waals surface area contributed by atoms with E-state index in [1.165, 1.54) is 13.2 Å². The summed E-state index contributed by atoms with van der Waals surface area (Å²) >= 11 is 6.25. The number of anilines is 2. The second-order valence-corrected chi connectivity index (χ2v) is 12.1. The van der Waals surface area contributed by atoms with Gasteiger partial charge in [-0.15, -0.1) is 0 Å². The minimum Gasteiger partial charge on any atom is -0.465 e. The molecule has 2 aliphatic rings. The van der Waals surface area contributed by atoms with Gasteiger partial charge in [-0.05, 0) is 66.1 Å². The number of aromatic nitrogens is 1. The van der Waals surface area contributed by atoms with E-state index in [0.29, 0.717) is 35.5 Å². The van der Waals surface area contributed by atoms with Crippen molar-refractivity contribution in [2.75, 3.05) is 17.7 Å². The highest BCUT2D eigenvalue weighted by molar-refractivity contribution is 6.30. The SMILES string of the molecule is COC(=O)c1ccc(NC(=O)[C@@H]2C[C@@H](CC(C)(C)C)[C@@]3(C(=O)Nc4ncccc43)[C@H]2c2cccc(Cl)c2F)cc1. The number of hydrogen-bond donors (Lipinski definition) is 2. The number of rotatable bonds is 5. The van der Waals surface area contributed by atoms with Gasteiger partial charge in [-0.25, -0.2) is 14.2 Å². The maximum atomic E-state index is 15.8. The Labute approximate surface area is 237 Å². The highest BCUT2D eigenvalue weighted by Crippen LogP contribution is 2.63. The zero-order valence-corrected chi connectivity index (χ0v) is 23.5. The Hall–Kier alpha value is -3.78. The third-order valence-corrected chi connectivity index (χ3v) is 8.31. The van der Waals surface area contributed by atoms with Gasteiger partial charge in [0.05, 0.1) is 23.1 Å². The molecule has 2 amide bonds. The Morgan fingerprint density at radius 3 is 2.55 bits per heavy atom. The molecule has 7 nitrogen and oxygen atoms in total. The molecular formula is C31H31ClFN3O4. The topological polar surface area (TPSA) is 97.4 Å². The molecule has 4 atom stereocenters. The maximum Gasteiger partial charge on any atom is 0.337 e. The van der Waals surface area contributed by atoms with Crippen LogP contribution in [0, 0.1) is 23.1 Å². The second kappa shape index (κ2) is 10.3. The first kappa shape index (κ1) is 27.8. The van der Waals surface area contributed by atoms with Crippen LogP contribution in [0.25, 0.3) is 0 Å². The lowest BCUT2D eigenvalue weighted by atomic mass is 9.62. The van der Waals surface area contributed by atoms with Crippen LogP contribution in [0.1, 0.15) is 61.0 Å². The smallest absolute Gasteiger partial charge is 0.337 e. The lowest BCUT2D eigenvalue weighted by Gasteiger charge is -2.38. The summed E-state index contributed by atoms with van der Waals surface area (Å²) in [6.45, 7) is 6.26. The standard InChI is InChI=1S/C31H31ClFN3O4/c1-30(2,3)16-18-15-21(27(37)35-19-12-10-17(11-13-19)28(38)40-4)24(20-7-5-9-23(32)25(20)33)31(18)22-8-6-14-34-26(22)36-29(31)39/h5-14,18,21,24H,15-16H2,1-4H3,(H,35,37)(H,34,36,39)/t18-,21+,24-,31-/m0/s1. The van der Waals surface area contributed by atoms with Crippen molar-refractivity contribution in [3.05, 3.63) is 88.3 Å². The van der Waals surface area contributed by atoms with Crippen molar-refractivity contribution in [3.8, 4) is 0 Å². The van der Waals surface area contributed by atoms with Crippen LogP contribution < -0.4 is 10.6 Å². The molecular weight excluding hydrogens is 533 g/mol. The van der Waals surface area contributed by atoms with Crippen LogP contribution in [0.15, 0.2) is 60.8 Å². The monoisotopic (exact) mass is 563 g/mol. The highest BCUT2D eigenvalue weighted by atomic mass is 35.5. The van der Waals surface area contributed by atoms with E-state index in [1.807, 2.05) is 6.07 Å². The molecule has 1 aliphatic carbocycles. The zero-order chi connectivity index (χ0) is 28.8. The average Bonchev–Trinajstić information content (AvgIpc) is 3.40. The quantitative estimate of drug-likeness (QED) is 0.353. The van der Waals surface area contributed by atoms with Crippen molar-refractivity contribution >= 4 is 40.9 Å². The number of carbonyl (C=O) groups is 3. The maximum absolute atomic E-state index is 15.8. The van der Waals surface area contributed by atoms with Crippen molar-refractivity contribution in [1.82, 2.24) is 4.98 Å². The number of ether oxygens (including phenoxy) is 1. The number of fused-ring (bicyclic) bond motifs is 2. The number of nitrogens with zero attached hydrogens (tertiary/aromatic N) is 1. The van der Waals surface area contributed by atoms with E-state index in [4.69, 9.17) is 16.3 Å². The predicted octanol–water partition coefficient (Wildman–Crippen LogP) is 6.35. The van der Waals surface area contributed by atoms with Crippen LogP contribution in [0.5, 0.6) is 0 Å². The Bertz CT molecular complexity index is 1490. The molecule has 0 radical (unpaired) electrons. The third kappa shape index (κ3) is 4.64. The molecule has 0 saturated heterocycles. The Balaban J connectivity index is 1.65. The summed E-state index contributed by atoms with van der Waals surface area (Å²) < 4.78 is 20.6. The van der Waals surface area contributed by atoms with Crippen LogP contribution >= 0.6 is 11.6 Å². The first-order chi connectivity index (χ1) is 19.0. The molecule has 2 heterocycles. The minimum absolute atomic E-state index is 0.0747. The largest absolute Gasteiger partial charge is 0.465 e. The molecule has 9 heteroatoms. The van der Waals surface area contributed by atoms with Crippen molar-refractivity contribution in [2.45, 2.75) is 44.9 Å². The van der Waals surface area contributed by atoms with Gasteiger partial charge in [0.1, 0.15) is 11.6 Å². The predicted molar refractivity (Wildman–Crippen MR) is 151 cm³/mol. The Morgan fingerprint density at radius 1 is 1.15 bits per heavy atom. The first-order valence-corrected chi connectivity index (χ1v) is 13.5. The molecule has 208 valence electrons. The van der Waals surface area contributed by atoms with Crippen LogP contribution in [0.3, 0.4) is 0 Å². The van der Waals surface area contributed by atoms with Crippen LogP contribution in [0.4, 0.5) is 15.9 Å². The van der Waals surface area contributed by atoms with Crippen LogP contribution in [0.2, 0.25) is 5.02 Å². The fourth-order valence-electron chi connectivity index (χ4n) is 6.59. The molecule has 2 N–H and O–H groups in total. The van der Waals surface area contributed by atoms with Gasteiger partial charge >= 0.3 is 5.97 Å². The fraction of sp³-hybridized carbons (Fsp3) is 0.355. The number of amides is 2. The molecule has 0 unspecified atom stereocenters. The number of pyridine rings is 1. The van der Waals surface area contributed by atoms with E-state index in [0.717, 1.165) is 0 Å². The van der Waals surface area contributed by atoms with E-state index in [-0.39, 0.29) is 33.7 Å². The normalized spacial score (nSPS) is 23.6. The molecule has 5 rings (SSSR count). The van der Waals surface area contributed by atoms with Crippen LogP contribution in [-0.2, 0) is 19.7 Å². The molecule has 1 aliphatic heterocycles. The van der Waals surface area contributed by atoms with Gasteiger partial charge < -0.3 is 15.4 Å². The molecule has 1 saturated carbocycles. The van der Waals surface area contributed by atoms with E-state index in [2.05, 4.69) is 36.4 Å². The fourth-order valence-corrected chi connectivity index (χ4v) is 6.77. The summed E-state index contributed by atoms with van der Waals surface area (Å²) in [4.78, 5) is 44.4. The minimum atomic E-state index is -1.24. The van der Waals surface area contributed by atoms with Gasteiger partial charge in [-0.1, -0.05) is 50.6 Å². The molecule has 3 aromatic rings. The number of nitrogens with one attached hydrogen (secondary N) is 2. The molecule has 40 heavy (non-hydrogen) atoms. The zero-order valence-electron chi connectivity index (χ0n) is 22.8. The summed E-state index contributed by atoms with van der Waals surface area (Å²) in [5.74, 6) is -3.26. The van der Waals surface area contributed by atoms with Crippen LogP contribution in [-0.4, -0.2) is 29.9 Å². The van der Waals surface area contributed by atoms with E-state index >= 15 is 4.39 Å². The van der Waals surface area contributed by atoms with Gasteiger partial charge in [0, 0.05) is 29.3 Å². The van der Waals surface area contributed by atoms with Gasteiger partial charge in [0.25, 0.3) is 0 Å². The van der Waals surface area contributed by atoms with Crippen molar-refractivity contribution in [1.29, 1.82) is 0 Å². The van der Waals surface area contributed by atoms with Gasteiger partial charge in [-0.2, -0.15) is 0 Å². The lowest BCUT2D eigenvalue weighted by Crippen LogP contribution is -2.45. The summed E-state index contributed by atoms with van der Waals surface area (Å²) in [5.41, 5.74) is 0.271. The average molecular weight is 564 g/mol. The number of benzene rings is 2. The summed E-state index contributed by atoms with van der Waals surface area (Å²) in [6.07, 6.45) is 2.57. The number of esters is 1. The highest BCUT2D eigenvalue weighted by Gasteiger charge is 2.66. The molecule has 1 spiro atoms. The molecule has 1 fully saturated rings. The second-order valence-electron chi connectivity index (χ2n) is 11.7. The number of methoxy groups -OCH3 is 1. The summed E-state index contributed by atoms with van der Waals surface area (Å²) in [7, 11) is 1.30. The Kier molecular flexibility index (Phi) is 7.17. The van der Waals surface area contributed by atoms with E-state index in [9.17, 15) is 14.4 Å². The third-order valence-electron chi connectivity index (χ3n) is 8.02. The number of hydrogen-bond acceptors (Lipinski definition) is 5. The summed E-state index contributed by atoms with van der Waals surface area (Å²) in [5, 5.41) is 5.79. The van der Waals surface area contributed by atoms with Crippen molar-refractivity contribution in [3.63, 3.8) is 0 Å². The molecule has 2 aromatic carbocycles. The van der Waals surface area contributed by atoms with Gasteiger partial charge in [-0.3, -0.25) is 9.59 Å². The van der Waals surface area contributed by atoms with Gasteiger partial charge in [0.15, 0.2) is 0 Å². The number of carbonyl (C=O) groups excluding carboxylic acids is 3. The first-order valence-electron chi connectivity index (χ1n) is 13.2. The molecule has 1 aromatic heterocycles.